The molecule has 0 aliphatic carbocycles. The summed E-state index contributed by atoms with van der Waals surface area (Å²) in [6, 6.07) is 0. The number of hydrogen-bond acceptors (Lipinski definition) is 2. The van der Waals surface area contributed by atoms with E-state index in [1.807, 2.05) is 19.1 Å². The standard InChI is InChI=1S/C13H24O2/c1-5-7-9-13(8-6-2)15-12(4)10-11(3)14/h5-6,11-14H,1-2,7-10H2,3-4H3/t11-,12+,13-/m1/s1. The highest BCUT2D eigenvalue weighted by Gasteiger charge is 2.13. The highest BCUT2D eigenvalue weighted by Crippen LogP contribution is 2.13. The molecule has 2 nitrogen and oxygen atoms in total. The molecule has 0 aromatic rings. The zero-order chi connectivity index (χ0) is 11.7. The van der Waals surface area contributed by atoms with Crippen LogP contribution in [0, 0.1) is 0 Å². The average molecular weight is 212 g/mol. The van der Waals surface area contributed by atoms with Crippen molar-refractivity contribution in [1.29, 1.82) is 0 Å². The van der Waals surface area contributed by atoms with E-state index in [9.17, 15) is 5.11 Å². The lowest BCUT2D eigenvalue weighted by atomic mass is 10.1. The van der Waals surface area contributed by atoms with E-state index in [0.29, 0.717) is 6.42 Å². The van der Waals surface area contributed by atoms with Gasteiger partial charge in [0.15, 0.2) is 0 Å². The minimum Gasteiger partial charge on any atom is -0.393 e. The van der Waals surface area contributed by atoms with E-state index in [1.165, 1.54) is 0 Å². The van der Waals surface area contributed by atoms with Gasteiger partial charge in [-0.15, -0.1) is 13.2 Å². The Morgan fingerprint density at radius 1 is 1.27 bits per heavy atom. The molecule has 0 aliphatic heterocycles. The first-order chi connectivity index (χ1) is 7.10. The molecule has 0 saturated heterocycles. The van der Waals surface area contributed by atoms with E-state index in [1.54, 1.807) is 6.92 Å². The molecule has 0 radical (unpaired) electrons. The Balaban J connectivity index is 3.90. The predicted octanol–water partition coefficient (Wildman–Crippen LogP) is 3.07. The molecule has 3 atom stereocenters. The summed E-state index contributed by atoms with van der Waals surface area (Å²) in [4.78, 5) is 0. The Labute approximate surface area is 93.6 Å². The van der Waals surface area contributed by atoms with Crippen LogP contribution in [-0.4, -0.2) is 23.4 Å². The van der Waals surface area contributed by atoms with Crippen molar-refractivity contribution < 1.29 is 9.84 Å². The summed E-state index contributed by atoms with van der Waals surface area (Å²) in [6.07, 6.45) is 7.25. The Bertz CT molecular complexity index is 175. The third kappa shape index (κ3) is 8.40. The van der Waals surface area contributed by atoms with Gasteiger partial charge in [-0.3, -0.25) is 0 Å². The first-order valence-electron chi connectivity index (χ1n) is 5.65. The fourth-order valence-electron chi connectivity index (χ4n) is 1.60. The van der Waals surface area contributed by atoms with Crippen LogP contribution in [0.1, 0.15) is 39.5 Å². The molecule has 2 heteroatoms. The fraction of sp³-hybridized carbons (Fsp3) is 0.692. The van der Waals surface area contributed by atoms with Crippen molar-refractivity contribution in [2.75, 3.05) is 0 Å². The van der Waals surface area contributed by atoms with Gasteiger partial charge < -0.3 is 9.84 Å². The lowest BCUT2D eigenvalue weighted by Crippen LogP contribution is -2.22. The summed E-state index contributed by atoms with van der Waals surface area (Å²) in [5.74, 6) is 0. The normalized spacial score (nSPS) is 16.7. The third-order valence-electron chi connectivity index (χ3n) is 2.22. The first-order valence-corrected chi connectivity index (χ1v) is 5.65. The molecule has 0 fully saturated rings. The van der Waals surface area contributed by atoms with Crippen LogP contribution < -0.4 is 0 Å². The zero-order valence-corrected chi connectivity index (χ0v) is 9.98. The van der Waals surface area contributed by atoms with Crippen molar-refractivity contribution in [3.05, 3.63) is 25.3 Å². The molecule has 0 aromatic carbocycles. The first kappa shape index (κ1) is 14.4. The molecule has 0 rings (SSSR count). The Kier molecular flexibility index (Phi) is 8.34. The summed E-state index contributed by atoms with van der Waals surface area (Å²) in [6.45, 7) is 11.2. The van der Waals surface area contributed by atoms with Gasteiger partial charge in [-0.1, -0.05) is 12.2 Å². The second-order valence-electron chi connectivity index (χ2n) is 4.04. The van der Waals surface area contributed by atoms with Crippen LogP contribution >= 0.6 is 0 Å². The second-order valence-corrected chi connectivity index (χ2v) is 4.04. The number of allylic oxidation sites excluding steroid dienone is 1. The summed E-state index contributed by atoms with van der Waals surface area (Å²) in [5, 5.41) is 9.23. The predicted molar refractivity (Wildman–Crippen MR) is 64.9 cm³/mol. The highest BCUT2D eigenvalue weighted by atomic mass is 16.5. The summed E-state index contributed by atoms with van der Waals surface area (Å²) in [5.41, 5.74) is 0. The minimum absolute atomic E-state index is 0.0970. The Hall–Kier alpha value is -0.600. The smallest absolute Gasteiger partial charge is 0.0616 e. The van der Waals surface area contributed by atoms with Gasteiger partial charge in [-0.05, 0) is 39.5 Å². The van der Waals surface area contributed by atoms with E-state index >= 15 is 0 Å². The van der Waals surface area contributed by atoms with E-state index in [0.717, 1.165) is 19.3 Å². The molecular formula is C13H24O2. The zero-order valence-electron chi connectivity index (χ0n) is 9.98. The van der Waals surface area contributed by atoms with Crippen molar-refractivity contribution in [3.8, 4) is 0 Å². The summed E-state index contributed by atoms with van der Waals surface area (Å²) >= 11 is 0. The molecule has 1 N–H and O–H groups in total. The Morgan fingerprint density at radius 3 is 2.40 bits per heavy atom. The van der Waals surface area contributed by atoms with E-state index < -0.39 is 0 Å². The van der Waals surface area contributed by atoms with E-state index in [2.05, 4.69) is 13.2 Å². The van der Waals surface area contributed by atoms with Gasteiger partial charge in [0.05, 0.1) is 18.3 Å². The van der Waals surface area contributed by atoms with Crippen molar-refractivity contribution >= 4 is 0 Å². The van der Waals surface area contributed by atoms with Crippen LogP contribution in [0.3, 0.4) is 0 Å². The third-order valence-corrected chi connectivity index (χ3v) is 2.22. The fourth-order valence-corrected chi connectivity index (χ4v) is 1.60. The summed E-state index contributed by atoms with van der Waals surface area (Å²) < 4.78 is 5.82. The van der Waals surface area contributed by atoms with Crippen LogP contribution in [0.15, 0.2) is 25.3 Å². The molecule has 15 heavy (non-hydrogen) atoms. The van der Waals surface area contributed by atoms with Gasteiger partial charge in [-0.25, -0.2) is 0 Å². The van der Waals surface area contributed by atoms with Gasteiger partial charge in [-0.2, -0.15) is 0 Å². The summed E-state index contributed by atoms with van der Waals surface area (Å²) in [7, 11) is 0. The number of ether oxygens (including phenoxy) is 1. The van der Waals surface area contributed by atoms with E-state index in [4.69, 9.17) is 4.74 Å². The van der Waals surface area contributed by atoms with Crippen molar-refractivity contribution in [2.45, 2.75) is 57.8 Å². The molecule has 0 spiro atoms. The number of rotatable bonds is 9. The van der Waals surface area contributed by atoms with Crippen LogP contribution in [0.4, 0.5) is 0 Å². The maximum atomic E-state index is 9.23. The lowest BCUT2D eigenvalue weighted by molar-refractivity contribution is -0.0253. The molecule has 0 amide bonds. The molecule has 0 aromatic heterocycles. The molecule has 0 heterocycles. The van der Waals surface area contributed by atoms with Crippen molar-refractivity contribution in [2.24, 2.45) is 0 Å². The molecule has 0 saturated carbocycles. The maximum Gasteiger partial charge on any atom is 0.0616 e. The van der Waals surface area contributed by atoms with Gasteiger partial charge in [0.25, 0.3) is 0 Å². The van der Waals surface area contributed by atoms with Gasteiger partial charge in [0.2, 0.25) is 0 Å². The molecule has 88 valence electrons. The van der Waals surface area contributed by atoms with Crippen LogP contribution in [0.2, 0.25) is 0 Å². The maximum absolute atomic E-state index is 9.23. The topological polar surface area (TPSA) is 29.5 Å². The van der Waals surface area contributed by atoms with Crippen molar-refractivity contribution in [3.63, 3.8) is 0 Å². The molecule has 0 bridgehead atoms. The molecular weight excluding hydrogens is 188 g/mol. The van der Waals surface area contributed by atoms with Crippen molar-refractivity contribution in [1.82, 2.24) is 0 Å². The average Bonchev–Trinajstić information content (AvgIpc) is 2.13. The van der Waals surface area contributed by atoms with E-state index in [-0.39, 0.29) is 18.3 Å². The minimum atomic E-state index is -0.302. The largest absolute Gasteiger partial charge is 0.393 e. The van der Waals surface area contributed by atoms with Crippen LogP contribution in [-0.2, 0) is 4.74 Å². The lowest BCUT2D eigenvalue weighted by Gasteiger charge is -2.22. The van der Waals surface area contributed by atoms with Gasteiger partial charge in [0, 0.05) is 0 Å². The quantitative estimate of drug-likeness (QED) is 0.595. The van der Waals surface area contributed by atoms with Crippen LogP contribution in [0.5, 0.6) is 0 Å². The SMILES string of the molecule is C=CCC[C@@H](CC=C)O[C@@H](C)C[C@@H](C)O. The highest BCUT2D eigenvalue weighted by molar-refractivity contribution is 4.78. The number of hydrogen-bond donors (Lipinski definition) is 1. The monoisotopic (exact) mass is 212 g/mol. The molecule has 0 aliphatic rings. The number of aliphatic hydroxyl groups excluding tert-OH is 1. The van der Waals surface area contributed by atoms with Gasteiger partial charge >= 0.3 is 0 Å². The molecule has 0 unspecified atom stereocenters. The van der Waals surface area contributed by atoms with Gasteiger partial charge in [0.1, 0.15) is 0 Å². The second kappa shape index (κ2) is 8.69. The number of aliphatic hydroxyl groups is 1. The van der Waals surface area contributed by atoms with Crippen LogP contribution in [0.25, 0.3) is 0 Å². The Morgan fingerprint density at radius 2 is 1.93 bits per heavy atom.